The van der Waals surface area contributed by atoms with Crippen LogP contribution in [0.4, 0.5) is 13.6 Å². The lowest BCUT2D eigenvalue weighted by Gasteiger charge is -2.22. The van der Waals surface area contributed by atoms with Gasteiger partial charge in [0.2, 0.25) is 5.91 Å². The number of carbonyl (C=O) groups excluding carboxylic acids is 1. The summed E-state index contributed by atoms with van der Waals surface area (Å²) in [6.07, 6.45) is -2.14. The van der Waals surface area contributed by atoms with Gasteiger partial charge in [-0.05, 0) is 6.92 Å². The highest BCUT2D eigenvalue weighted by Crippen LogP contribution is 2.31. The van der Waals surface area contributed by atoms with E-state index >= 15 is 0 Å². The van der Waals surface area contributed by atoms with Crippen LogP contribution >= 0.6 is 0 Å². The van der Waals surface area contributed by atoms with Crippen molar-refractivity contribution >= 4 is 12.0 Å². The van der Waals surface area contributed by atoms with Crippen molar-refractivity contribution in [3.63, 3.8) is 0 Å². The minimum Gasteiger partial charge on any atom is -0.465 e. The van der Waals surface area contributed by atoms with Crippen LogP contribution in [0, 0.1) is 11.3 Å². The summed E-state index contributed by atoms with van der Waals surface area (Å²) in [5.41, 5.74) is 0. The summed E-state index contributed by atoms with van der Waals surface area (Å²) < 4.78 is 26.1. The number of carbonyl (C=O) groups is 2. The van der Waals surface area contributed by atoms with Crippen LogP contribution in [-0.2, 0) is 4.79 Å². The van der Waals surface area contributed by atoms with Gasteiger partial charge >= 0.3 is 6.09 Å². The van der Waals surface area contributed by atoms with Gasteiger partial charge in [-0.2, -0.15) is 5.26 Å². The van der Waals surface area contributed by atoms with Gasteiger partial charge in [0.05, 0.1) is 12.6 Å². The third-order valence-electron chi connectivity index (χ3n) is 2.41. The van der Waals surface area contributed by atoms with Crippen LogP contribution in [0.15, 0.2) is 0 Å². The van der Waals surface area contributed by atoms with Gasteiger partial charge in [0.1, 0.15) is 12.1 Å². The summed E-state index contributed by atoms with van der Waals surface area (Å²) >= 11 is 0. The molecule has 8 heteroatoms. The smallest absolute Gasteiger partial charge is 0.405 e. The first-order valence-corrected chi connectivity index (χ1v) is 4.84. The van der Waals surface area contributed by atoms with Crippen molar-refractivity contribution in [1.82, 2.24) is 10.2 Å². The number of hydrogen-bond acceptors (Lipinski definition) is 3. The molecular weight excluding hydrogens is 236 g/mol. The van der Waals surface area contributed by atoms with E-state index < -0.39 is 43.0 Å². The summed E-state index contributed by atoms with van der Waals surface area (Å²) in [6.45, 7) is 0.386. The fourth-order valence-electron chi connectivity index (χ4n) is 1.66. The van der Waals surface area contributed by atoms with Gasteiger partial charge in [-0.25, -0.2) is 13.6 Å². The van der Waals surface area contributed by atoms with E-state index in [1.165, 1.54) is 6.92 Å². The first-order chi connectivity index (χ1) is 7.76. The lowest BCUT2D eigenvalue weighted by atomic mass is 10.2. The molecule has 1 rings (SSSR count). The number of nitriles is 1. The van der Waals surface area contributed by atoms with Crippen LogP contribution in [0.2, 0.25) is 0 Å². The van der Waals surface area contributed by atoms with Gasteiger partial charge < -0.3 is 15.3 Å². The number of likely N-dealkylation sites (tertiary alicyclic amines) is 1. The van der Waals surface area contributed by atoms with E-state index in [1.54, 1.807) is 6.07 Å². The molecule has 0 radical (unpaired) electrons. The Kier molecular flexibility index (Phi) is 3.50. The molecule has 2 atom stereocenters. The topological polar surface area (TPSA) is 93.4 Å². The standard InChI is InChI=1S/C9H11F2N3O3/c1-5(13-8(16)17)7(15)14-4-9(10,11)2-6(14)3-12/h5-6,13H,2,4H2,1H3,(H,16,17)/t5?,6-/m0/s1. The number of hydrogen-bond donors (Lipinski definition) is 2. The lowest BCUT2D eigenvalue weighted by Crippen LogP contribution is -2.48. The molecule has 0 bridgehead atoms. The minimum atomic E-state index is -3.10. The number of nitrogens with one attached hydrogen (secondary N) is 1. The van der Waals surface area contributed by atoms with E-state index in [0.717, 1.165) is 0 Å². The maximum atomic E-state index is 13.0. The van der Waals surface area contributed by atoms with Crippen LogP contribution in [0.3, 0.4) is 0 Å². The second-order valence-corrected chi connectivity index (χ2v) is 3.84. The minimum absolute atomic E-state index is 0.709. The molecule has 2 N–H and O–H groups in total. The molecule has 0 aliphatic carbocycles. The number of carboxylic acid groups (broad SMARTS) is 1. The Morgan fingerprint density at radius 2 is 2.24 bits per heavy atom. The molecule has 1 saturated heterocycles. The second kappa shape index (κ2) is 4.53. The average Bonchev–Trinajstić information content (AvgIpc) is 2.51. The van der Waals surface area contributed by atoms with E-state index in [-0.39, 0.29) is 0 Å². The molecule has 17 heavy (non-hydrogen) atoms. The first kappa shape index (κ1) is 13.2. The molecule has 0 spiro atoms. The van der Waals surface area contributed by atoms with Crippen molar-refractivity contribution in [2.45, 2.75) is 31.4 Å². The second-order valence-electron chi connectivity index (χ2n) is 3.84. The SMILES string of the molecule is CC(NC(=O)O)C(=O)N1CC(F)(F)C[C@H]1C#N. The maximum absolute atomic E-state index is 13.0. The zero-order valence-electron chi connectivity index (χ0n) is 8.98. The van der Waals surface area contributed by atoms with E-state index in [4.69, 9.17) is 10.4 Å². The predicted molar refractivity (Wildman–Crippen MR) is 51.3 cm³/mol. The van der Waals surface area contributed by atoms with Crippen molar-refractivity contribution in [3.8, 4) is 6.07 Å². The van der Waals surface area contributed by atoms with Crippen molar-refractivity contribution < 1.29 is 23.5 Å². The van der Waals surface area contributed by atoms with E-state index in [9.17, 15) is 18.4 Å². The Morgan fingerprint density at radius 1 is 1.65 bits per heavy atom. The monoisotopic (exact) mass is 247 g/mol. The first-order valence-electron chi connectivity index (χ1n) is 4.84. The molecule has 1 heterocycles. The van der Waals surface area contributed by atoms with Gasteiger partial charge in [0.25, 0.3) is 5.92 Å². The van der Waals surface area contributed by atoms with Crippen molar-refractivity contribution in [1.29, 1.82) is 5.26 Å². The Bertz CT molecular complexity index is 380. The normalized spacial score (nSPS) is 23.9. The number of amides is 2. The highest BCUT2D eigenvalue weighted by molar-refractivity contribution is 5.85. The van der Waals surface area contributed by atoms with E-state index in [2.05, 4.69) is 0 Å². The largest absolute Gasteiger partial charge is 0.465 e. The fourth-order valence-corrected chi connectivity index (χ4v) is 1.66. The average molecular weight is 247 g/mol. The van der Waals surface area contributed by atoms with Gasteiger partial charge in [-0.15, -0.1) is 0 Å². The number of alkyl halides is 2. The molecule has 0 aromatic carbocycles. The van der Waals surface area contributed by atoms with Gasteiger partial charge in [0.15, 0.2) is 0 Å². The van der Waals surface area contributed by atoms with Crippen LogP contribution in [-0.4, -0.2) is 46.6 Å². The third kappa shape index (κ3) is 3.03. The summed E-state index contributed by atoms with van der Waals surface area (Å²) in [7, 11) is 0. The van der Waals surface area contributed by atoms with Gasteiger partial charge in [-0.1, -0.05) is 0 Å². The Hall–Kier alpha value is -1.91. The summed E-state index contributed by atoms with van der Waals surface area (Å²) in [4.78, 5) is 22.7. The molecule has 1 aliphatic rings. The Morgan fingerprint density at radius 3 is 2.71 bits per heavy atom. The third-order valence-corrected chi connectivity index (χ3v) is 2.41. The highest BCUT2D eigenvalue weighted by Gasteiger charge is 2.48. The molecule has 1 fully saturated rings. The van der Waals surface area contributed by atoms with Crippen LogP contribution < -0.4 is 5.32 Å². The van der Waals surface area contributed by atoms with Crippen LogP contribution in [0.25, 0.3) is 0 Å². The molecule has 0 saturated carbocycles. The predicted octanol–water partition coefficient (Wildman–Crippen LogP) is 0.402. The molecule has 1 aliphatic heterocycles. The van der Waals surface area contributed by atoms with Crippen LogP contribution in [0.5, 0.6) is 0 Å². The quantitative estimate of drug-likeness (QED) is 0.738. The maximum Gasteiger partial charge on any atom is 0.405 e. The molecule has 0 aromatic heterocycles. The Labute approximate surface area is 95.8 Å². The summed E-state index contributed by atoms with van der Waals surface area (Å²) in [5, 5.41) is 18.9. The van der Waals surface area contributed by atoms with Crippen molar-refractivity contribution in [2.24, 2.45) is 0 Å². The molecule has 1 unspecified atom stereocenters. The van der Waals surface area contributed by atoms with Crippen LogP contribution in [0.1, 0.15) is 13.3 Å². The summed E-state index contributed by atoms with van der Waals surface area (Å²) in [6, 6.07) is -0.759. The Balaban J connectivity index is 2.75. The van der Waals surface area contributed by atoms with Crippen molar-refractivity contribution in [2.75, 3.05) is 6.54 Å². The molecule has 2 amide bonds. The zero-order valence-corrected chi connectivity index (χ0v) is 8.98. The number of halogens is 2. The van der Waals surface area contributed by atoms with E-state index in [1.807, 2.05) is 5.32 Å². The zero-order chi connectivity index (χ0) is 13.2. The highest BCUT2D eigenvalue weighted by atomic mass is 19.3. The number of rotatable bonds is 2. The van der Waals surface area contributed by atoms with Crippen molar-refractivity contribution in [3.05, 3.63) is 0 Å². The van der Waals surface area contributed by atoms with E-state index in [0.29, 0.717) is 4.90 Å². The molecule has 0 aromatic rings. The van der Waals surface area contributed by atoms with Gasteiger partial charge in [-0.3, -0.25) is 4.79 Å². The lowest BCUT2D eigenvalue weighted by molar-refractivity contribution is -0.134. The fraction of sp³-hybridized carbons (Fsp3) is 0.667. The molecule has 94 valence electrons. The summed E-state index contributed by atoms with van der Waals surface area (Å²) in [5.74, 6) is -3.92. The molecule has 6 nitrogen and oxygen atoms in total. The molecular formula is C9H11F2N3O3. The number of nitrogens with zero attached hydrogens (tertiary/aromatic N) is 2. The van der Waals surface area contributed by atoms with Gasteiger partial charge in [0, 0.05) is 6.42 Å².